The summed E-state index contributed by atoms with van der Waals surface area (Å²) in [6.45, 7) is 6.28. The highest BCUT2D eigenvalue weighted by atomic mass is 16.3. The summed E-state index contributed by atoms with van der Waals surface area (Å²) in [4.78, 5) is 0. The van der Waals surface area contributed by atoms with Crippen LogP contribution >= 0.6 is 0 Å². The quantitative estimate of drug-likeness (QED) is 0.604. The second-order valence-corrected chi connectivity index (χ2v) is 3.31. The molecule has 0 aliphatic rings. The van der Waals surface area contributed by atoms with Crippen LogP contribution in [-0.2, 0) is 0 Å². The molecule has 2 unspecified atom stereocenters. The minimum absolute atomic E-state index is 0.160. The van der Waals surface area contributed by atoms with E-state index in [0.717, 1.165) is 6.42 Å². The van der Waals surface area contributed by atoms with Crippen LogP contribution in [0.5, 0.6) is 0 Å². The molecule has 3 N–H and O–H groups in total. The molecule has 0 fully saturated rings. The highest BCUT2D eigenvalue weighted by molar-refractivity contribution is 4.90. The summed E-state index contributed by atoms with van der Waals surface area (Å²) >= 11 is 0. The minimum Gasteiger partial charge on any atom is -0.393 e. The normalized spacial score (nSPS) is 20.1. The molecule has 0 radical (unpaired) electrons. The average Bonchev–Trinajstić information content (AvgIpc) is 2.00. The van der Waals surface area contributed by atoms with Crippen molar-refractivity contribution in [1.29, 1.82) is 0 Å². The molecule has 0 saturated carbocycles. The predicted molar refractivity (Wildman–Crippen MR) is 48.3 cm³/mol. The maximum Gasteiger partial charge on any atom is 0.0580 e. The van der Waals surface area contributed by atoms with Gasteiger partial charge in [0.25, 0.3) is 0 Å². The summed E-state index contributed by atoms with van der Waals surface area (Å²) in [6, 6.07) is 0. The highest BCUT2D eigenvalue weighted by Crippen LogP contribution is 2.24. The zero-order chi connectivity index (χ0) is 8.91. The summed E-state index contributed by atoms with van der Waals surface area (Å²) in [5, 5.41) is 9.38. The van der Waals surface area contributed by atoms with Crippen molar-refractivity contribution in [3.8, 4) is 0 Å². The van der Waals surface area contributed by atoms with Crippen molar-refractivity contribution in [3.05, 3.63) is 12.2 Å². The van der Waals surface area contributed by atoms with Crippen molar-refractivity contribution in [3.63, 3.8) is 0 Å². The number of hydrogen-bond donors (Lipinski definition) is 2. The molecule has 0 spiro atoms. The van der Waals surface area contributed by atoms with Gasteiger partial charge in [-0.1, -0.05) is 19.1 Å². The molecule has 0 saturated heterocycles. The SMILES string of the molecule is C/C=C/CC(C)(CN)C(C)O. The zero-order valence-electron chi connectivity index (χ0n) is 7.67. The molecule has 0 aliphatic carbocycles. The Hall–Kier alpha value is -0.340. The fraction of sp³-hybridized carbons (Fsp3) is 0.778. The summed E-state index contributed by atoms with van der Waals surface area (Å²) in [7, 11) is 0. The Labute approximate surface area is 69.1 Å². The van der Waals surface area contributed by atoms with Crippen LogP contribution < -0.4 is 5.73 Å². The van der Waals surface area contributed by atoms with E-state index in [2.05, 4.69) is 0 Å². The molecule has 66 valence electrons. The summed E-state index contributed by atoms with van der Waals surface area (Å²) < 4.78 is 0. The van der Waals surface area contributed by atoms with Gasteiger partial charge in [0.2, 0.25) is 0 Å². The molecule has 0 rings (SSSR count). The van der Waals surface area contributed by atoms with Crippen molar-refractivity contribution < 1.29 is 5.11 Å². The smallest absolute Gasteiger partial charge is 0.0580 e. The largest absolute Gasteiger partial charge is 0.393 e. The van der Waals surface area contributed by atoms with Crippen LogP contribution in [0.1, 0.15) is 27.2 Å². The van der Waals surface area contributed by atoms with Gasteiger partial charge in [-0.25, -0.2) is 0 Å². The van der Waals surface area contributed by atoms with E-state index in [9.17, 15) is 5.11 Å². The third-order valence-electron chi connectivity index (χ3n) is 2.29. The number of rotatable bonds is 4. The van der Waals surface area contributed by atoms with Crippen LogP contribution in [0, 0.1) is 5.41 Å². The lowest BCUT2D eigenvalue weighted by atomic mass is 9.82. The zero-order valence-corrected chi connectivity index (χ0v) is 7.67. The van der Waals surface area contributed by atoms with E-state index >= 15 is 0 Å². The monoisotopic (exact) mass is 157 g/mol. The molecule has 0 aromatic rings. The minimum atomic E-state index is -0.344. The lowest BCUT2D eigenvalue weighted by molar-refractivity contribution is 0.0609. The summed E-state index contributed by atoms with van der Waals surface area (Å²) in [6.07, 6.45) is 4.52. The Morgan fingerprint density at radius 1 is 1.64 bits per heavy atom. The third-order valence-corrected chi connectivity index (χ3v) is 2.29. The first-order valence-corrected chi connectivity index (χ1v) is 4.06. The Kier molecular flexibility index (Phi) is 4.38. The van der Waals surface area contributed by atoms with E-state index in [0.29, 0.717) is 6.54 Å². The first-order valence-electron chi connectivity index (χ1n) is 4.06. The molecular formula is C9H19NO. The van der Waals surface area contributed by atoms with Crippen molar-refractivity contribution in [2.24, 2.45) is 11.1 Å². The van der Waals surface area contributed by atoms with Crippen molar-refractivity contribution in [2.45, 2.75) is 33.3 Å². The number of nitrogens with two attached hydrogens (primary N) is 1. The molecule has 0 aromatic heterocycles. The molecule has 2 heteroatoms. The van der Waals surface area contributed by atoms with Gasteiger partial charge in [-0.15, -0.1) is 0 Å². The van der Waals surface area contributed by atoms with Crippen molar-refractivity contribution in [1.82, 2.24) is 0 Å². The fourth-order valence-electron chi connectivity index (χ4n) is 0.812. The van der Waals surface area contributed by atoms with Gasteiger partial charge < -0.3 is 10.8 Å². The Bertz CT molecular complexity index is 132. The van der Waals surface area contributed by atoms with Gasteiger partial charge in [-0.3, -0.25) is 0 Å². The van der Waals surface area contributed by atoms with Gasteiger partial charge in [0.05, 0.1) is 6.10 Å². The molecule has 0 aliphatic heterocycles. The van der Waals surface area contributed by atoms with E-state index < -0.39 is 0 Å². The second-order valence-electron chi connectivity index (χ2n) is 3.31. The highest BCUT2D eigenvalue weighted by Gasteiger charge is 2.26. The van der Waals surface area contributed by atoms with E-state index in [-0.39, 0.29) is 11.5 Å². The van der Waals surface area contributed by atoms with Crippen LogP contribution in [0.3, 0.4) is 0 Å². The van der Waals surface area contributed by atoms with Crippen LogP contribution in [0.25, 0.3) is 0 Å². The van der Waals surface area contributed by atoms with Gasteiger partial charge in [-0.2, -0.15) is 0 Å². The van der Waals surface area contributed by atoms with E-state index in [1.54, 1.807) is 6.92 Å². The Morgan fingerprint density at radius 3 is 2.45 bits per heavy atom. The maximum absolute atomic E-state index is 9.38. The van der Waals surface area contributed by atoms with Gasteiger partial charge in [0.1, 0.15) is 0 Å². The van der Waals surface area contributed by atoms with Crippen LogP contribution in [0.2, 0.25) is 0 Å². The standard InChI is InChI=1S/C9H19NO/c1-4-5-6-9(3,7-10)8(2)11/h4-5,8,11H,6-7,10H2,1-3H3/b5-4+. The van der Waals surface area contributed by atoms with Gasteiger partial charge in [-0.05, 0) is 20.3 Å². The second kappa shape index (κ2) is 4.52. The predicted octanol–water partition coefficient (Wildman–Crippen LogP) is 1.30. The lowest BCUT2D eigenvalue weighted by Crippen LogP contribution is -2.36. The first-order chi connectivity index (χ1) is 5.06. The van der Waals surface area contributed by atoms with Gasteiger partial charge in [0.15, 0.2) is 0 Å². The lowest BCUT2D eigenvalue weighted by Gasteiger charge is -2.29. The molecule has 0 heterocycles. The number of aliphatic hydroxyl groups excluding tert-OH is 1. The molecule has 2 nitrogen and oxygen atoms in total. The third kappa shape index (κ3) is 3.04. The molecule has 11 heavy (non-hydrogen) atoms. The average molecular weight is 157 g/mol. The van der Waals surface area contributed by atoms with Crippen LogP contribution in [0.4, 0.5) is 0 Å². The maximum atomic E-state index is 9.38. The number of allylic oxidation sites excluding steroid dienone is 2. The summed E-state index contributed by atoms with van der Waals surface area (Å²) in [5.74, 6) is 0. The van der Waals surface area contributed by atoms with Crippen LogP contribution in [0.15, 0.2) is 12.2 Å². The summed E-state index contributed by atoms with van der Waals surface area (Å²) in [5.41, 5.74) is 5.39. The van der Waals surface area contributed by atoms with Crippen molar-refractivity contribution in [2.75, 3.05) is 6.54 Å². The van der Waals surface area contributed by atoms with E-state index in [4.69, 9.17) is 5.73 Å². The first kappa shape index (κ1) is 10.7. The molecular weight excluding hydrogens is 138 g/mol. The fourth-order valence-corrected chi connectivity index (χ4v) is 0.812. The Morgan fingerprint density at radius 2 is 2.18 bits per heavy atom. The van der Waals surface area contributed by atoms with Gasteiger partial charge in [0, 0.05) is 12.0 Å². The topological polar surface area (TPSA) is 46.2 Å². The van der Waals surface area contributed by atoms with Crippen LogP contribution in [-0.4, -0.2) is 17.8 Å². The van der Waals surface area contributed by atoms with Gasteiger partial charge >= 0.3 is 0 Å². The van der Waals surface area contributed by atoms with Crippen molar-refractivity contribution >= 4 is 0 Å². The molecule has 0 aromatic carbocycles. The number of hydrogen-bond acceptors (Lipinski definition) is 2. The van der Waals surface area contributed by atoms with E-state index in [1.807, 2.05) is 26.0 Å². The number of aliphatic hydroxyl groups is 1. The van der Waals surface area contributed by atoms with E-state index in [1.165, 1.54) is 0 Å². The molecule has 0 amide bonds. The molecule has 0 bridgehead atoms. The molecule has 2 atom stereocenters. The Balaban J connectivity index is 4.10.